The van der Waals surface area contributed by atoms with Crippen molar-refractivity contribution in [3.63, 3.8) is 0 Å². The summed E-state index contributed by atoms with van der Waals surface area (Å²) in [5.41, 5.74) is 1.30. The van der Waals surface area contributed by atoms with E-state index in [9.17, 15) is 9.59 Å². The van der Waals surface area contributed by atoms with E-state index in [1.807, 2.05) is 18.2 Å². The van der Waals surface area contributed by atoms with Crippen molar-refractivity contribution in [2.24, 2.45) is 0 Å². The molecule has 3 N–H and O–H groups in total. The van der Waals surface area contributed by atoms with Crippen LogP contribution < -0.4 is 11.0 Å². The van der Waals surface area contributed by atoms with Crippen molar-refractivity contribution in [2.75, 3.05) is 0 Å². The second-order valence-corrected chi connectivity index (χ2v) is 6.61. The van der Waals surface area contributed by atoms with Gasteiger partial charge in [-0.15, -0.1) is 0 Å². The highest BCUT2D eigenvalue weighted by Gasteiger charge is 2.56. The van der Waals surface area contributed by atoms with E-state index in [1.54, 1.807) is 6.92 Å². The second-order valence-electron chi connectivity index (χ2n) is 6.61. The molecule has 3 rings (SSSR count). The molecule has 1 saturated carbocycles. The molecule has 0 bridgehead atoms. The Morgan fingerprint density at radius 2 is 1.82 bits per heavy atom. The van der Waals surface area contributed by atoms with E-state index < -0.39 is 0 Å². The third-order valence-electron chi connectivity index (χ3n) is 4.94. The van der Waals surface area contributed by atoms with Crippen molar-refractivity contribution in [3.05, 3.63) is 57.8 Å². The Morgan fingerprint density at radius 3 is 2.32 bits per heavy atom. The van der Waals surface area contributed by atoms with Gasteiger partial charge in [-0.1, -0.05) is 44.2 Å². The van der Waals surface area contributed by atoms with Gasteiger partial charge in [0.05, 0.1) is 0 Å². The van der Waals surface area contributed by atoms with Crippen LogP contribution in [0.5, 0.6) is 0 Å². The van der Waals surface area contributed by atoms with Crippen LogP contribution >= 0.6 is 0 Å². The summed E-state index contributed by atoms with van der Waals surface area (Å²) in [6.07, 6.45) is 1.88. The molecule has 1 heterocycles. The number of nitrogens with one attached hydrogen (secondary N) is 3. The van der Waals surface area contributed by atoms with Crippen molar-refractivity contribution < 1.29 is 4.79 Å². The molecule has 1 aromatic carbocycles. The van der Waals surface area contributed by atoms with E-state index in [0.29, 0.717) is 11.4 Å². The first-order valence-electron chi connectivity index (χ1n) is 7.53. The first-order chi connectivity index (χ1) is 10.4. The normalized spacial score (nSPS) is 16.3. The lowest BCUT2D eigenvalue weighted by atomic mass is 9.75. The van der Waals surface area contributed by atoms with Gasteiger partial charge in [-0.05, 0) is 25.3 Å². The molecule has 0 saturated heterocycles. The zero-order valence-corrected chi connectivity index (χ0v) is 13.1. The number of aromatic amines is 2. The van der Waals surface area contributed by atoms with Gasteiger partial charge in [0.1, 0.15) is 5.69 Å². The first-order valence-corrected chi connectivity index (χ1v) is 7.53. The number of benzene rings is 1. The Labute approximate surface area is 129 Å². The summed E-state index contributed by atoms with van der Waals surface area (Å²) in [5, 5.41) is 3.15. The summed E-state index contributed by atoms with van der Waals surface area (Å²) in [7, 11) is 0. The standard InChI is InChI=1S/C17H21N3O2/c1-11-13(19-15(22)18-11)14(21)20-17(9-10-17)16(2,3)12-7-5-4-6-8-12/h4-8H,9-10H2,1-3H3,(H,20,21)(H2,18,19,22). The maximum Gasteiger partial charge on any atom is 0.323 e. The third kappa shape index (κ3) is 2.26. The van der Waals surface area contributed by atoms with Crippen LogP contribution in [0.15, 0.2) is 35.1 Å². The molecule has 0 spiro atoms. The van der Waals surface area contributed by atoms with Crippen molar-refractivity contribution in [3.8, 4) is 0 Å². The van der Waals surface area contributed by atoms with E-state index in [1.165, 1.54) is 5.56 Å². The van der Waals surface area contributed by atoms with Crippen LogP contribution in [0.1, 0.15) is 48.4 Å². The molecule has 1 aliphatic carbocycles. The fourth-order valence-corrected chi connectivity index (χ4v) is 3.14. The Morgan fingerprint density at radius 1 is 1.18 bits per heavy atom. The van der Waals surface area contributed by atoms with Gasteiger partial charge in [0.15, 0.2) is 0 Å². The lowest BCUT2D eigenvalue weighted by Crippen LogP contribution is -2.50. The molecule has 22 heavy (non-hydrogen) atoms. The van der Waals surface area contributed by atoms with Crippen LogP contribution in [-0.4, -0.2) is 21.4 Å². The fourth-order valence-electron chi connectivity index (χ4n) is 3.14. The molecule has 1 aromatic heterocycles. The Hall–Kier alpha value is -2.30. The summed E-state index contributed by atoms with van der Waals surface area (Å²) in [6, 6.07) is 10.2. The molecule has 5 heteroatoms. The molecule has 0 aliphatic heterocycles. The molecule has 1 fully saturated rings. The van der Waals surface area contributed by atoms with Crippen LogP contribution in [0.3, 0.4) is 0 Å². The summed E-state index contributed by atoms with van der Waals surface area (Å²) in [5.74, 6) is -0.225. The average Bonchev–Trinajstić information content (AvgIpc) is 3.19. The van der Waals surface area contributed by atoms with Crippen molar-refractivity contribution in [1.82, 2.24) is 15.3 Å². The minimum Gasteiger partial charge on any atom is -0.344 e. The highest BCUT2D eigenvalue weighted by atomic mass is 16.2. The van der Waals surface area contributed by atoms with Crippen LogP contribution in [0.2, 0.25) is 0 Å². The SMILES string of the molecule is Cc1[nH]c(=O)[nH]c1C(=O)NC1(C(C)(C)c2ccccc2)CC1. The van der Waals surface area contributed by atoms with Gasteiger partial charge in [0.25, 0.3) is 5.91 Å². The van der Waals surface area contributed by atoms with E-state index in [0.717, 1.165) is 12.8 Å². The topological polar surface area (TPSA) is 77.8 Å². The molecule has 0 atom stereocenters. The molecule has 116 valence electrons. The Kier molecular flexibility index (Phi) is 3.24. The molecule has 2 aromatic rings. The van der Waals surface area contributed by atoms with E-state index >= 15 is 0 Å². The predicted molar refractivity (Wildman–Crippen MR) is 85.0 cm³/mol. The Bertz CT molecular complexity index is 752. The summed E-state index contributed by atoms with van der Waals surface area (Å²) < 4.78 is 0. The number of carbonyl (C=O) groups is 1. The first kappa shape index (κ1) is 14.6. The van der Waals surface area contributed by atoms with Gasteiger partial charge in [-0.25, -0.2) is 4.79 Å². The van der Waals surface area contributed by atoms with Gasteiger partial charge in [0, 0.05) is 16.6 Å². The predicted octanol–water partition coefficient (Wildman–Crippen LogP) is 2.25. The van der Waals surface area contributed by atoms with Crippen molar-refractivity contribution >= 4 is 5.91 Å². The molecular formula is C17H21N3O2. The largest absolute Gasteiger partial charge is 0.344 e. The maximum absolute atomic E-state index is 12.5. The highest BCUT2D eigenvalue weighted by Crippen LogP contribution is 2.51. The quantitative estimate of drug-likeness (QED) is 0.809. The summed E-state index contributed by atoms with van der Waals surface area (Å²) in [6.45, 7) is 6.03. The van der Waals surface area contributed by atoms with Crippen molar-refractivity contribution in [1.29, 1.82) is 0 Å². The van der Waals surface area contributed by atoms with E-state index in [4.69, 9.17) is 0 Å². The lowest BCUT2D eigenvalue weighted by molar-refractivity contribution is 0.0903. The highest BCUT2D eigenvalue weighted by molar-refractivity contribution is 5.94. The Balaban J connectivity index is 1.87. The van der Waals surface area contributed by atoms with Gasteiger partial charge in [-0.2, -0.15) is 0 Å². The molecule has 5 nitrogen and oxygen atoms in total. The van der Waals surface area contributed by atoms with E-state index in [2.05, 4.69) is 41.3 Å². The summed E-state index contributed by atoms with van der Waals surface area (Å²) in [4.78, 5) is 29.0. The second kappa shape index (κ2) is 4.87. The van der Waals surface area contributed by atoms with Gasteiger partial charge in [0.2, 0.25) is 0 Å². The third-order valence-corrected chi connectivity index (χ3v) is 4.94. The number of hydrogen-bond donors (Lipinski definition) is 3. The molecule has 0 radical (unpaired) electrons. The number of imidazole rings is 1. The number of rotatable bonds is 4. The monoisotopic (exact) mass is 299 g/mol. The number of hydrogen-bond acceptors (Lipinski definition) is 2. The minimum atomic E-state index is -0.352. The molecule has 1 amide bonds. The molecule has 0 unspecified atom stereocenters. The number of aromatic nitrogens is 2. The molecule has 1 aliphatic rings. The van der Waals surface area contributed by atoms with Crippen LogP contribution in [-0.2, 0) is 5.41 Å². The van der Waals surface area contributed by atoms with E-state index in [-0.39, 0.29) is 22.6 Å². The zero-order chi connectivity index (χ0) is 16.0. The van der Waals surface area contributed by atoms with Crippen LogP contribution in [0.25, 0.3) is 0 Å². The number of H-pyrrole nitrogens is 2. The fraction of sp³-hybridized carbons (Fsp3) is 0.412. The number of aryl methyl sites for hydroxylation is 1. The molecular weight excluding hydrogens is 278 g/mol. The van der Waals surface area contributed by atoms with Crippen molar-refractivity contribution in [2.45, 2.75) is 44.6 Å². The summed E-state index contributed by atoms with van der Waals surface area (Å²) >= 11 is 0. The van der Waals surface area contributed by atoms with Crippen LogP contribution in [0, 0.1) is 6.92 Å². The smallest absolute Gasteiger partial charge is 0.323 e. The van der Waals surface area contributed by atoms with Gasteiger partial charge in [-0.3, -0.25) is 4.79 Å². The van der Waals surface area contributed by atoms with Gasteiger partial charge >= 0.3 is 5.69 Å². The zero-order valence-electron chi connectivity index (χ0n) is 13.1. The minimum absolute atomic E-state index is 0.172. The van der Waals surface area contributed by atoms with Crippen LogP contribution in [0.4, 0.5) is 0 Å². The average molecular weight is 299 g/mol. The number of carbonyl (C=O) groups excluding carboxylic acids is 1. The maximum atomic E-state index is 12.5. The number of amides is 1. The van der Waals surface area contributed by atoms with Gasteiger partial charge < -0.3 is 15.3 Å². The lowest BCUT2D eigenvalue weighted by Gasteiger charge is -2.36.